The molecule has 0 aromatic heterocycles. The summed E-state index contributed by atoms with van der Waals surface area (Å²) in [5, 5.41) is 1.13. The van der Waals surface area contributed by atoms with Crippen molar-refractivity contribution < 1.29 is 0 Å². The summed E-state index contributed by atoms with van der Waals surface area (Å²) in [6, 6.07) is 32.9. The Bertz CT molecular complexity index is 1100. The molecule has 0 saturated carbocycles. The number of benzene rings is 3. The van der Waals surface area contributed by atoms with Crippen LogP contribution in [0.1, 0.15) is 40.5 Å². The van der Waals surface area contributed by atoms with Gasteiger partial charge >= 0.3 is 222 Å². The normalized spacial score (nSPS) is 13.9. The van der Waals surface area contributed by atoms with Gasteiger partial charge in [0.1, 0.15) is 0 Å². The molecule has 3 rings (SSSR count). The molecule has 0 saturated heterocycles. The maximum absolute atomic E-state index is 4.52. The Morgan fingerprint density at radius 3 is 1.57 bits per heavy atom. The SMILES string of the molecule is CC(C)=CCC/C(C)=C/C=C/C(C)=C/CP(Br)(c1ccccc1)(c1ccccc1)c1ccccc1. The number of hydrogen-bond donors (Lipinski definition) is 0. The van der Waals surface area contributed by atoms with Crippen molar-refractivity contribution in [2.75, 3.05) is 6.16 Å². The molecular formula is C33H38BrP. The van der Waals surface area contributed by atoms with Gasteiger partial charge in [-0.3, -0.25) is 0 Å². The van der Waals surface area contributed by atoms with Crippen molar-refractivity contribution in [3.05, 3.63) is 138 Å². The van der Waals surface area contributed by atoms with E-state index in [0.29, 0.717) is 0 Å². The van der Waals surface area contributed by atoms with Gasteiger partial charge in [-0.15, -0.1) is 0 Å². The van der Waals surface area contributed by atoms with Gasteiger partial charge < -0.3 is 0 Å². The molecule has 0 unspecified atom stereocenters. The van der Waals surface area contributed by atoms with E-state index in [1.807, 2.05) is 0 Å². The van der Waals surface area contributed by atoms with Crippen molar-refractivity contribution in [1.29, 1.82) is 0 Å². The Morgan fingerprint density at radius 1 is 0.686 bits per heavy atom. The van der Waals surface area contributed by atoms with Crippen LogP contribution in [0.5, 0.6) is 0 Å². The first-order valence-corrected chi connectivity index (χ1v) is 16.8. The summed E-state index contributed by atoms with van der Waals surface area (Å²) in [5.74, 6) is 0. The van der Waals surface area contributed by atoms with Gasteiger partial charge in [0.2, 0.25) is 0 Å². The molecule has 2 heteroatoms. The average molecular weight is 546 g/mol. The van der Waals surface area contributed by atoms with E-state index in [4.69, 9.17) is 0 Å². The zero-order valence-electron chi connectivity index (χ0n) is 21.5. The molecule has 0 aliphatic heterocycles. The molecule has 0 radical (unpaired) electrons. The molecule has 0 aliphatic rings. The van der Waals surface area contributed by atoms with Crippen molar-refractivity contribution in [3.63, 3.8) is 0 Å². The second-order valence-corrected chi connectivity index (χ2v) is 18.5. The fourth-order valence-corrected chi connectivity index (χ4v) is 11.5. The van der Waals surface area contributed by atoms with Gasteiger partial charge in [0.25, 0.3) is 0 Å². The summed E-state index contributed by atoms with van der Waals surface area (Å²) < 4.78 is 0. The summed E-state index contributed by atoms with van der Waals surface area (Å²) in [4.78, 5) is 0. The minimum atomic E-state index is -2.91. The van der Waals surface area contributed by atoms with Crippen LogP contribution in [0.4, 0.5) is 0 Å². The van der Waals surface area contributed by atoms with Crippen molar-refractivity contribution >= 4 is 36.7 Å². The van der Waals surface area contributed by atoms with Crippen molar-refractivity contribution in [2.45, 2.75) is 40.5 Å². The molecule has 0 atom stereocenters. The first-order chi connectivity index (χ1) is 16.8. The van der Waals surface area contributed by atoms with Crippen molar-refractivity contribution in [3.8, 4) is 0 Å². The molecule has 35 heavy (non-hydrogen) atoms. The number of rotatable bonds is 10. The molecule has 182 valence electrons. The molecule has 0 fully saturated rings. The van der Waals surface area contributed by atoms with E-state index < -0.39 is 5.31 Å². The van der Waals surface area contributed by atoms with Gasteiger partial charge in [0, 0.05) is 0 Å². The van der Waals surface area contributed by atoms with Crippen LogP contribution in [0.2, 0.25) is 0 Å². The van der Waals surface area contributed by atoms with Crippen LogP contribution in [-0.2, 0) is 0 Å². The Hall–Kier alpha value is -2.47. The van der Waals surface area contributed by atoms with Crippen LogP contribution < -0.4 is 15.9 Å². The van der Waals surface area contributed by atoms with Gasteiger partial charge in [-0.2, -0.15) is 0 Å². The molecule has 0 nitrogen and oxygen atoms in total. The third-order valence-corrected chi connectivity index (χ3v) is 16.0. The predicted molar refractivity (Wildman–Crippen MR) is 164 cm³/mol. The summed E-state index contributed by atoms with van der Waals surface area (Å²) >= 11 is 4.52. The third-order valence-electron chi connectivity index (χ3n) is 6.47. The van der Waals surface area contributed by atoms with Crippen LogP contribution in [0.15, 0.2) is 138 Å². The second kappa shape index (κ2) is 12.5. The van der Waals surface area contributed by atoms with Gasteiger partial charge in [-0.25, -0.2) is 0 Å². The summed E-state index contributed by atoms with van der Waals surface area (Å²) in [7, 11) is 0. The topological polar surface area (TPSA) is 0 Å². The third kappa shape index (κ3) is 6.60. The van der Waals surface area contributed by atoms with E-state index in [1.165, 1.54) is 32.6 Å². The fraction of sp³-hybridized carbons (Fsp3) is 0.212. The molecule has 0 heterocycles. The van der Waals surface area contributed by atoms with Gasteiger partial charge in [0.15, 0.2) is 0 Å². The van der Waals surface area contributed by atoms with Crippen LogP contribution in [-0.4, -0.2) is 6.16 Å². The predicted octanol–water partition coefficient (Wildman–Crippen LogP) is 9.02. The first kappa shape index (κ1) is 27.1. The van der Waals surface area contributed by atoms with E-state index in [-0.39, 0.29) is 0 Å². The molecule has 3 aromatic carbocycles. The average Bonchev–Trinajstić information content (AvgIpc) is 2.89. The van der Waals surface area contributed by atoms with E-state index in [1.54, 1.807) is 0 Å². The van der Waals surface area contributed by atoms with E-state index in [2.05, 4.69) is 165 Å². The van der Waals surface area contributed by atoms with Crippen molar-refractivity contribution in [1.82, 2.24) is 0 Å². The molecule has 0 N–H and O–H groups in total. The van der Waals surface area contributed by atoms with E-state index in [9.17, 15) is 0 Å². The fourth-order valence-electron chi connectivity index (χ4n) is 4.40. The quantitative estimate of drug-likeness (QED) is 0.135. The van der Waals surface area contributed by atoms with E-state index in [0.717, 1.165) is 19.0 Å². The van der Waals surface area contributed by atoms with Gasteiger partial charge in [0.05, 0.1) is 0 Å². The number of allylic oxidation sites excluding steroid dienone is 8. The molecule has 0 amide bonds. The zero-order valence-corrected chi connectivity index (χ0v) is 24.0. The molecule has 0 bridgehead atoms. The van der Waals surface area contributed by atoms with Crippen LogP contribution in [0.25, 0.3) is 0 Å². The Morgan fingerprint density at radius 2 is 1.14 bits per heavy atom. The molecule has 3 aromatic rings. The molecular weight excluding hydrogens is 507 g/mol. The van der Waals surface area contributed by atoms with E-state index >= 15 is 0 Å². The maximum atomic E-state index is 4.52. The van der Waals surface area contributed by atoms with Gasteiger partial charge in [-0.05, 0) is 0 Å². The molecule has 0 spiro atoms. The summed E-state index contributed by atoms with van der Waals surface area (Å²) in [6.07, 6.45) is 14.5. The molecule has 0 aliphatic carbocycles. The first-order valence-electron chi connectivity index (χ1n) is 12.4. The van der Waals surface area contributed by atoms with Crippen LogP contribution in [0.3, 0.4) is 0 Å². The standard InChI is InChI=1S/C33H38BrP/c1-28(2)16-14-17-29(3)18-15-19-30(4)26-27-35(34,31-20-8-5-9-21-31,32-22-10-6-11-23-32)33-24-12-7-13-25-33/h5-13,15-16,18-26H,14,17,27H2,1-4H3/b19-15+,29-18+,30-26+. The monoisotopic (exact) mass is 544 g/mol. The summed E-state index contributed by atoms with van der Waals surface area (Å²) in [5.41, 5.74) is 4.07. The summed E-state index contributed by atoms with van der Waals surface area (Å²) in [6.45, 7) is 8.74. The van der Waals surface area contributed by atoms with Crippen LogP contribution in [0, 0.1) is 0 Å². The Balaban J connectivity index is 2.02. The number of halogens is 1. The Labute approximate surface area is 220 Å². The van der Waals surface area contributed by atoms with Crippen LogP contribution >= 0.6 is 20.8 Å². The van der Waals surface area contributed by atoms with Crippen molar-refractivity contribution in [2.24, 2.45) is 0 Å². The minimum absolute atomic E-state index is 0.906. The Kier molecular flexibility index (Phi) is 9.67. The number of hydrogen-bond acceptors (Lipinski definition) is 0. The second-order valence-electron chi connectivity index (χ2n) is 9.51. The van der Waals surface area contributed by atoms with Gasteiger partial charge in [-0.1, -0.05) is 0 Å². The zero-order chi connectivity index (χ0) is 25.2.